The van der Waals surface area contributed by atoms with Gasteiger partial charge in [-0.2, -0.15) is 0 Å². The Bertz CT molecular complexity index is 598. The molecule has 0 spiro atoms. The number of rotatable bonds is 6. The number of azide groups is 1. The van der Waals surface area contributed by atoms with Crippen LogP contribution in [0.2, 0.25) is 0 Å². The number of ether oxygens (including phenoxy) is 1. The van der Waals surface area contributed by atoms with Gasteiger partial charge >= 0.3 is 5.97 Å². The summed E-state index contributed by atoms with van der Waals surface area (Å²) in [5, 5.41) is 33.4. The number of nitro groups is 1. The summed E-state index contributed by atoms with van der Waals surface area (Å²) in [5.74, 6) is -0.823. The summed E-state index contributed by atoms with van der Waals surface area (Å²) >= 11 is 0. The third-order valence-corrected chi connectivity index (χ3v) is 2.61. The number of carbonyl (C=O) groups is 1. The van der Waals surface area contributed by atoms with E-state index in [9.17, 15) is 25.1 Å². The van der Waals surface area contributed by atoms with Gasteiger partial charge in [-0.05, 0) is 17.2 Å². The molecule has 1 rings (SSSR count). The Kier molecular flexibility index (Phi) is 5.61. The van der Waals surface area contributed by atoms with Crippen LogP contribution >= 0.6 is 0 Å². The van der Waals surface area contributed by atoms with Gasteiger partial charge < -0.3 is 14.9 Å². The van der Waals surface area contributed by atoms with Crippen molar-refractivity contribution in [2.75, 3.05) is 13.7 Å². The molecule has 0 aromatic heterocycles. The van der Waals surface area contributed by atoms with Crippen LogP contribution in [0.3, 0.4) is 0 Å². The molecule has 0 amide bonds. The van der Waals surface area contributed by atoms with Crippen LogP contribution in [0, 0.1) is 10.1 Å². The van der Waals surface area contributed by atoms with Crippen molar-refractivity contribution in [2.45, 2.75) is 12.2 Å². The van der Waals surface area contributed by atoms with E-state index in [1.165, 1.54) is 0 Å². The van der Waals surface area contributed by atoms with Gasteiger partial charge in [-0.25, -0.2) is 4.79 Å². The summed E-state index contributed by atoms with van der Waals surface area (Å²) in [6.07, 6.45) is -3.02. The third kappa shape index (κ3) is 4.14. The third-order valence-electron chi connectivity index (χ3n) is 2.61. The standard InChI is InChI=1S/C11H12N4O6/c1-21-11(18)7-2-6(3-8(4-7)15(19)20)10(17)9(16)5-13-14-12/h2-4,9-10,16-17H,5H2,1H3. The van der Waals surface area contributed by atoms with Crippen molar-refractivity contribution >= 4 is 11.7 Å². The highest BCUT2D eigenvalue weighted by atomic mass is 16.6. The van der Waals surface area contributed by atoms with E-state index in [0.29, 0.717) is 0 Å². The fourth-order valence-corrected chi connectivity index (χ4v) is 1.59. The zero-order valence-corrected chi connectivity index (χ0v) is 10.9. The second kappa shape index (κ2) is 7.20. The van der Waals surface area contributed by atoms with Crippen LogP contribution in [0.1, 0.15) is 22.0 Å². The number of aliphatic hydroxyl groups excluding tert-OH is 2. The average molecular weight is 296 g/mol. The maximum Gasteiger partial charge on any atom is 0.338 e. The number of hydrogen-bond acceptors (Lipinski definition) is 7. The molecule has 0 radical (unpaired) electrons. The smallest absolute Gasteiger partial charge is 0.338 e. The molecule has 0 aliphatic rings. The Morgan fingerprint density at radius 2 is 2.19 bits per heavy atom. The van der Waals surface area contributed by atoms with E-state index in [4.69, 9.17) is 5.53 Å². The van der Waals surface area contributed by atoms with Crippen molar-refractivity contribution in [3.63, 3.8) is 0 Å². The fraction of sp³-hybridized carbons (Fsp3) is 0.364. The molecular formula is C11H12N4O6. The lowest BCUT2D eigenvalue weighted by molar-refractivity contribution is -0.385. The molecule has 0 heterocycles. The van der Waals surface area contributed by atoms with Crippen LogP contribution in [-0.4, -0.2) is 40.9 Å². The van der Waals surface area contributed by atoms with Gasteiger partial charge in [0.1, 0.15) is 6.10 Å². The maximum atomic E-state index is 11.4. The molecule has 21 heavy (non-hydrogen) atoms. The normalized spacial score (nSPS) is 12.9. The molecule has 112 valence electrons. The number of benzene rings is 1. The van der Waals surface area contributed by atoms with Gasteiger partial charge in [-0.15, -0.1) is 0 Å². The van der Waals surface area contributed by atoms with Gasteiger partial charge in [-0.3, -0.25) is 10.1 Å². The van der Waals surface area contributed by atoms with Crippen LogP contribution in [0.5, 0.6) is 0 Å². The van der Waals surface area contributed by atoms with E-state index in [1.54, 1.807) is 0 Å². The van der Waals surface area contributed by atoms with Gasteiger partial charge in [0.2, 0.25) is 0 Å². The molecule has 0 saturated carbocycles. The molecule has 1 aromatic rings. The van der Waals surface area contributed by atoms with Gasteiger partial charge in [0.05, 0.1) is 30.2 Å². The van der Waals surface area contributed by atoms with Crippen molar-refractivity contribution in [3.8, 4) is 0 Å². The number of aliphatic hydroxyl groups is 2. The first-order valence-electron chi connectivity index (χ1n) is 5.65. The Hall–Kier alpha value is -2.68. The summed E-state index contributed by atoms with van der Waals surface area (Å²) in [6.45, 7) is -0.423. The van der Waals surface area contributed by atoms with E-state index in [-0.39, 0.29) is 11.1 Å². The average Bonchev–Trinajstić information content (AvgIpc) is 2.50. The number of non-ortho nitro benzene ring substituents is 1. The predicted molar refractivity (Wildman–Crippen MR) is 69.4 cm³/mol. The maximum absolute atomic E-state index is 11.4. The van der Waals surface area contributed by atoms with Crippen molar-refractivity contribution in [1.82, 2.24) is 0 Å². The Balaban J connectivity index is 3.21. The summed E-state index contributed by atoms with van der Waals surface area (Å²) in [4.78, 5) is 24.0. The molecule has 1 aromatic carbocycles. The molecule has 2 N–H and O–H groups in total. The Morgan fingerprint density at radius 3 is 2.71 bits per heavy atom. The molecule has 0 saturated heterocycles. The predicted octanol–water partition coefficient (Wildman–Crippen LogP) is 1.09. The molecule has 2 unspecified atom stereocenters. The molecule has 0 aliphatic carbocycles. The van der Waals surface area contributed by atoms with Crippen molar-refractivity contribution in [1.29, 1.82) is 0 Å². The summed E-state index contributed by atoms with van der Waals surface area (Å²) in [7, 11) is 1.10. The Labute approximate surface area is 118 Å². The highest BCUT2D eigenvalue weighted by molar-refractivity contribution is 5.90. The van der Waals surface area contributed by atoms with Gasteiger partial charge in [0, 0.05) is 17.0 Å². The Morgan fingerprint density at radius 1 is 1.52 bits per heavy atom. The lowest BCUT2D eigenvalue weighted by Gasteiger charge is -2.16. The largest absolute Gasteiger partial charge is 0.465 e. The monoisotopic (exact) mass is 296 g/mol. The molecule has 10 heteroatoms. The molecule has 0 bridgehead atoms. The van der Waals surface area contributed by atoms with Crippen LogP contribution in [0.25, 0.3) is 10.4 Å². The van der Waals surface area contributed by atoms with E-state index in [2.05, 4.69) is 14.8 Å². The summed E-state index contributed by atoms with van der Waals surface area (Å²) in [6, 6.07) is 3.15. The van der Waals surface area contributed by atoms with Gasteiger partial charge in [0.25, 0.3) is 5.69 Å². The van der Waals surface area contributed by atoms with Crippen molar-refractivity contribution < 1.29 is 24.7 Å². The molecule has 2 atom stereocenters. The first kappa shape index (κ1) is 16.4. The lowest BCUT2D eigenvalue weighted by Crippen LogP contribution is -2.21. The number of nitro benzene ring substituents is 1. The molecule has 10 nitrogen and oxygen atoms in total. The van der Waals surface area contributed by atoms with Crippen LogP contribution in [0.15, 0.2) is 23.3 Å². The highest BCUT2D eigenvalue weighted by Crippen LogP contribution is 2.25. The zero-order valence-electron chi connectivity index (χ0n) is 10.9. The lowest BCUT2D eigenvalue weighted by atomic mass is 10.0. The molecule has 0 fully saturated rings. The first-order chi connectivity index (χ1) is 9.90. The van der Waals surface area contributed by atoms with Crippen LogP contribution in [0.4, 0.5) is 5.69 Å². The van der Waals surface area contributed by atoms with Crippen molar-refractivity contribution in [3.05, 3.63) is 49.9 Å². The van der Waals surface area contributed by atoms with Gasteiger partial charge in [-0.1, -0.05) is 5.11 Å². The fourth-order valence-electron chi connectivity index (χ4n) is 1.59. The number of hydrogen-bond donors (Lipinski definition) is 2. The topological polar surface area (TPSA) is 159 Å². The SMILES string of the molecule is COC(=O)c1cc(C(O)C(O)CN=[N+]=[N-])cc([N+](=O)[O-])c1. The zero-order chi connectivity index (χ0) is 16.0. The van der Waals surface area contributed by atoms with E-state index in [0.717, 1.165) is 25.3 Å². The van der Waals surface area contributed by atoms with E-state index >= 15 is 0 Å². The number of carbonyl (C=O) groups excluding carboxylic acids is 1. The minimum absolute atomic E-state index is 0.0646. The van der Waals surface area contributed by atoms with Crippen LogP contribution < -0.4 is 0 Å². The molecule has 0 aliphatic heterocycles. The van der Waals surface area contributed by atoms with E-state index in [1.807, 2.05) is 0 Å². The minimum Gasteiger partial charge on any atom is -0.465 e. The second-order valence-electron chi connectivity index (χ2n) is 3.99. The highest BCUT2D eigenvalue weighted by Gasteiger charge is 2.23. The number of methoxy groups -OCH3 is 1. The molecular weight excluding hydrogens is 284 g/mol. The van der Waals surface area contributed by atoms with Crippen molar-refractivity contribution in [2.24, 2.45) is 5.11 Å². The quantitative estimate of drug-likeness (QED) is 0.199. The number of esters is 1. The first-order valence-corrected chi connectivity index (χ1v) is 5.65. The number of nitrogens with zero attached hydrogens (tertiary/aromatic N) is 4. The second-order valence-corrected chi connectivity index (χ2v) is 3.99. The van der Waals surface area contributed by atoms with E-state index < -0.39 is 35.3 Å². The minimum atomic E-state index is -1.56. The summed E-state index contributed by atoms with van der Waals surface area (Å²) in [5.41, 5.74) is 7.50. The van der Waals surface area contributed by atoms with Crippen LogP contribution in [-0.2, 0) is 4.74 Å². The van der Waals surface area contributed by atoms with Gasteiger partial charge in [0.15, 0.2) is 0 Å². The summed E-state index contributed by atoms with van der Waals surface area (Å²) < 4.78 is 4.46.